The predicted molar refractivity (Wildman–Crippen MR) is 87.2 cm³/mol. The Balaban J connectivity index is 2.27. The van der Waals surface area contributed by atoms with Crippen LogP contribution >= 0.6 is 0 Å². The lowest BCUT2D eigenvalue weighted by molar-refractivity contribution is 0.0751. The second-order valence-electron chi connectivity index (χ2n) is 5.33. The number of aryl methyl sites for hydroxylation is 2. The van der Waals surface area contributed by atoms with Crippen molar-refractivity contribution in [3.8, 4) is 0 Å². The molecule has 2 aromatic rings. The smallest absolute Gasteiger partial charge is 0.254 e. The number of benzene rings is 2. The van der Waals surface area contributed by atoms with Crippen LogP contribution in [0.3, 0.4) is 0 Å². The number of nitrogens with zero attached hydrogens (tertiary/aromatic N) is 1. The molecular weight excluding hydrogens is 260 g/mol. The van der Waals surface area contributed by atoms with Crippen molar-refractivity contribution >= 4 is 11.6 Å². The summed E-state index contributed by atoms with van der Waals surface area (Å²) in [5.74, 6) is 0.0792. The number of nitrogen functional groups attached to an aromatic ring is 1. The van der Waals surface area contributed by atoms with Crippen molar-refractivity contribution < 1.29 is 4.79 Å². The topological polar surface area (TPSA) is 46.3 Å². The fourth-order valence-corrected chi connectivity index (χ4v) is 2.55. The molecule has 0 aliphatic rings. The van der Waals surface area contributed by atoms with Crippen LogP contribution in [0.4, 0.5) is 5.69 Å². The molecule has 0 atom stereocenters. The van der Waals surface area contributed by atoms with Gasteiger partial charge in [0.2, 0.25) is 0 Å². The molecule has 0 unspecified atom stereocenters. The summed E-state index contributed by atoms with van der Waals surface area (Å²) < 4.78 is 0. The maximum absolute atomic E-state index is 12.8. The molecule has 2 rings (SSSR count). The minimum Gasteiger partial charge on any atom is -0.399 e. The Morgan fingerprint density at radius 2 is 1.71 bits per heavy atom. The maximum Gasteiger partial charge on any atom is 0.254 e. The molecule has 0 saturated heterocycles. The van der Waals surface area contributed by atoms with Crippen LogP contribution in [0, 0.1) is 13.8 Å². The van der Waals surface area contributed by atoms with Gasteiger partial charge in [-0.3, -0.25) is 4.79 Å². The number of carbonyl (C=O) groups is 1. The standard InChI is InChI=1S/C18H22N2O/c1-4-20(12-15-9-6-10-16(19)11-15)18(21)17-13(2)7-5-8-14(17)3/h5-11H,4,12,19H2,1-3H3. The van der Waals surface area contributed by atoms with Crippen molar-refractivity contribution in [3.05, 3.63) is 64.7 Å². The zero-order chi connectivity index (χ0) is 15.4. The van der Waals surface area contributed by atoms with Gasteiger partial charge in [-0.15, -0.1) is 0 Å². The normalized spacial score (nSPS) is 10.4. The van der Waals surface area contributed by atoms with E-state index in [1.54, 1.807) is 0 Å². The molecule has 0 radical (unpaired) electrons. The quantitative estimate of drug-likeness (QED) is 0.872. The number of hydrogen-bond acceptors (Lipinski definition) is 2. The lowest BCUT2D eigenvalue weighted by Crippen LogP contribution is -2.31. The minimum absolute atomic E-state index is 0.0792. The van der Waals surface area contributed by atoms with Crippen LogP contribution in [0.2, 0.25) is 0 Å². The van der Waals surface area contributed by atoms with E-state index in [-0.39, 0.29) is 5.91 Å². The molecule has 2 aromatic carbocycles. The Morgan fingerprint density at radius 3 is 2.29 bits per heavy atom. The van der Waals surface area contributed by atoms with Crippen molar-refractivity contribution in [1.29, 1.82) is 0 Å². The van der Waals surface area contributed by atoms with Gasteiger partial charge in [0.05, 0.1) is 0 Å². The van der Waals surface area contributed by atoms with Crippen LogP contribution in [-0.4, -0.2) is 17.4 Å². The van der Waals surface area contributed by atoms with E-state index in [0.717, 1.165) is 27.9 Å². The number of nitrogens with two attached hydrogens (primary N) is 1. The highest BCUT2D eigenvalue weighted by atomic mass is 16.2. The summed E-state index contributed by atoms with van der Waals surface area (Å²) in [6.45, 7) is 7.20. The molecule has 0 spiro atoms. The predicted octanol–water partition coefficient (Wildman–Crippen LogP) is 3.55. The monoisotopic (exact) mass is 282 g/mol. The van der Waals surface area contributed by atoms with E-state index >= 15 is 0 Å². The number of anilines is 1. The second kappa shape index (κ2) is 6.44. The molecule has 0 aliphatic carbocycles. The number of hydrogen-bond donors (Lipinski definition) is 1. The van der Waals surface area contributed by atoms with E-state index in [1.807, 2.05) is 68.1 Å². The van der Waals surface area contributed by atoms with Crippen LogP contribution in [0.25, 0.3) is 0 Å². The largest absolute Gasteiger partial charge is 0.399 e. The molecule has 0 fully saturated rings. The summed E-state index contributed by atoms with van der Waals surface area (Å²) in [6.07, 6.45) is 0. The highest BCUT2D eigenvalue weighted by Crippen LogP contribution is 2.18. The van der Waals surface area contributed by atoms with Gasteiger partial charge >= 0.3 is 0 Å². The van der Waals surface area contributed by atoms with Crippen molar-refractivity contribution in [2.75, 3.05) is 12.3 Å². The van der Waals surface area contributed by atoms with Crippen LogP contribution in [0.5, 0.6) is 0 Å². The van der Waals surface area contributed by atoms with Gasteiger partial charge in [0.25, 0.3) is 5.91 Å². The molecule has 3 nitrogen and oxygen atoms in total. The summed E-state index contributed by atoms with van der Waals surface area (Å²) in [4.78, 5) is 14.7. The fraction of sp³-hybridized carbons (Fsp3) is 0.278. The Morgan fingerprint density at radius 1 is 1.10 bits per heavy atom. The van der Waals surface area contributed by atoms with E-state index in [1.165, 1.54) is 0 Å². The first-order valence-electron chi connectivity index (χ1n) is 7.22. The molecule has 0 bridgehead atoms. The molecule has 21 heavy (non-hydrogen) atoms. The summed E-state index contributed by atoms with van der Waals surface area (Å²) in [5, 5.41) is 0. The number of carbonyl (C=O) groups excluding carboxylic acids is 1. The highest BCUT2D eigenvalue weighted by Gasteiger charge is 2.18. The molecule has 0 aliphatic heterocycles. The summed E-state index contributed by atoms with van der Waals surface area (Å²) in [7, 11) is 0. The third-order valence-electron chi connectivity index (χ3n) is 3.69. The highest BCUT2D eigenvalue weighted by molar-refractivity contribution is 5.97. The molecule has 1 amide bonds. The summed E-state index contributed by atoms with van der Waals surface area (Å²) >= 11 is 0. The second-order valence-corrected chi connectivity index (χ2v) is 5.33. The van der Waals surface area contributed by atoms with Gasteiger partial charge in [-0.2, -0.15) is 0 Å². The van der Waals surface area contributed by atoms with Gasteiger partial charge < -0.3 is 10.6 Å². The average molecular weight is 282 g/mol. The van der Waals surface area contributed by atoms with Gasteiger partial charge in [0, 0.05) is 24.3 Å². The molecule has 3 heteroatoms. The molecule has 0 aromatic heterocycles. The third kappa shape index (κ3) is 3.43. The Labute approximate surface area is 126 Å². The maximum atomic E-state index is 12.8. The zero-order valence-corrected chi connectivity index (χ0v) is 12.9. The van der Waals surface area contributed by atoms with E-state index in [4.69, 9.17) is 5.73 Å². The Kier molecular flexibility index (Phi) is 4.63. The van der Waals surface area contributed by atoms with Crippen molar-refractivity contribution in [2.45, 2.75) is 27.3 Å². The van der Waals surface area contributed by atoms with Gasteiger partial charge in [-0.25, -0.2) is 0 Å². The summed E-state index contributed by atoms with van der Waals surface area (Å²) in [5.41, 5.74) is 10.4. The van der Waals surface area contributed by atoms with E-state index in [0.29, 0.717) is 13.1 Å². The lowest BCUT2D eigenvalue weighted by atomic mass is 10.0. The first-order chi connectivity index (χ1) is 10.0. The molecule has 0 heterocycles. The van der Waals surface area contributed by atoms with Crippen molar-refractivity contribution in [3.63, 3.8) is 0 Å². The molecule has 110 valence electrons. The van der Waals surface area contributed by atoms with Gasteiger partial charge in [-0.1, -0.05) is 30.3 Å². The van der Waals surface area contributed by atoms with Gasteiger partial charge in [0.1, 0.15) is 0 Å². The molecular formula is C18H22N2O. The lowest BCUT2D eigenvalue weighted by Gasteiger charge is -2.23. The van der Waals surface area contributed by atoms with Crippen LogP contribution in [0.15, 0.2) is 42.5 Å². The van der Waals surface area contributed by atoms with E-state index < -0.39 is 0 Å². The van der Waals surface area contributed by atoms with Crippen LogP contribution in [0.1, 0.15) is 34.0 Å². The number of amides is 1. The first-order valence-corrected chi connectivity index (χ1v) is 7.22. The molecule has 0 saturated carbocycles. The van der Waals surface area contributed by atoms with Gasteiger partial charge in [-0.05, 0) is 49.6 Å². The number of rotatable bonds is 4. The average Bonchev–Trinajstić information content (AvgIpc) is 2.44. The van der Waals surface area contributed by atoms with Crippen LogP contribution < -0.4 is 5.73 Å². The molecule has 2 N–H and O–H groups in total. The fourth-order valence-electron chi connectivity index (χ4n) is 2.55. The van der Waals surface area contributed by atoms with Crippen molar-refractivity contribution in [1.82, 2.24) is 4.90 Å². The SMILES string of the molecule is CCN(Cc1cccc(N)c1)C(=O)c1c(C)cccc1C. The Bertz CT molecular complexity index is 629. The Hall–Kier alpha value is -2.29. The van der Waals surface area contributed by atoms with E-state index in [9.17, 15) is 4.79 Å². The van der Waals surface area contributed by atoms with Crippen LogP contribution in [-0.2, 0) is 6.54 Å². The third-order valence-corrected chi connectivity index (χ3v) is 3.69. The van der Waals surface area contributed by atoms with Gasteiger partial charge in [0.15, 0.2) is 0 Å². The minimum atomic E-state index is 0.0792. The first kappa shape index (κ1) is 15.1. The van der Waals surface area contributed by atoms with Crippen molar-refractivity contribution in [2.24, 2.45) is 0 Å². The zero-order valence-electron chi connectivity index (χ0n) is 12.9. The van der Waals surface area contributed by atoms with E-state index in [2.05, 4.69) is 0 Å². The summed E-state index contributed by atoms with van der Waals surface area (Å²) in [6, 6.07) is 13.6.